The molecule has 0 saturated heterocycles. The van der Waals surface area contributed by atoms with Gasteiger partial charge in [0.25, 0.3) is 5.76 Å². The summed E-state index contributed by atoms with van der Waals surface area (Å²) in [5, 5.41) is -0.0274. The standard InChI is InChI=1S/C27H22F3NO5/c1-16-6-8-17(9-7-16)13-31-14-21-22(34-15-31)11-10-20-23(32)25(26(27(28,29)30)36-24(20)21)35-19-5-3-4-18(12-19)33-2/h3-12H,13-15H2,1-2H3. The van der Waals surface area contributed by atoms with Gasteiger partial charge in [-0.05, 0) is 36.8 Å². The van der Waals surface area contributed by atoms with Crippen molar-refractivity contribution < 1.29 is 31.8 Å². The quantitative estimate of drug-likeness (QED) is 0.324. The summed E-state index contributed by atoms with van der Waals surface area (Å²) in [6, 6.07) is 16.9. The van der Waals surface area contributed by atoms with Gasteiger partial charge in [-0.2, -0.15) is 13.2 Å². The van der Waals surface area contributed by atoms with Crippen LogP contribution in [-0.4, -0.2) is 18.7 Å². The summed E-state index contributed by atoms with van der Waals surface area (Å²) in [6.45, 7) is 3.00. The zero-order valence-corrected chi connectivity index (χ0v) is 19.5. The third-order valence-electron chi connectivity index (χ3n) is 5.91. The molecule has 1 aliphatic heterocycles. The molecule has 2 heterocycles. The molecule has 4 aromatic rings. The second-order valence-electron chi connectivity index (χ2n) is 8.53. The summed E-state index contributed by atoms with van der Waals surface area (Å²) in [6.07, 6.45) is -4.97. The molecule has 6 nitrogen and oxygen atoms in total. The maximum atomic E-state index is 14.1. The fourth-order valence-electron chi connectivity index (χ4n) is 4.11. The van der Waals surface area contributed by atoms with Crippen molar-refractivity contribution in [3.05, 3.63) is 93.3 Å². The highest BCUT2D eigenvalue weighted by Gasteiger charge is 2.41. The van der Waals surface area contributed by atoms with Crippen LogP contribution in [0.4, 0.5) is 13.2 Å². The van der Waals surface area contributed by atoms with Gasteiger partial charge in [0, 0.05) is 19.2 Å². The van der Waals surface area contributed by atoms with Gasteiger partial charge >= 0.3 is 6.18 Å². The number of alkyl halides is 3. The summed E-state index contributed by atoms with van der Waals surface area (Å²) in [4.78, 5) is 15.2. The van der Waals surface area contributed by atoms with Crippen molar-refractivity contribution in [1.82, 2.24) is 4.90 Å². The molecule has 0 atom stereocenters. The third kappa shape index (κ3) is 4.61. The number of fused-ring (bicyclic) bond motifs is 3. The van der Waals surface area contributed by atoms with Crippen molar-refractivity contribution >= 4 is 11.0 Å². The predicted octanol–water partition coefficient (Wildman–Crippen LogP) is 6.27. The molecule has 0 radical (unpaired) electrons. The molecule has 0 unspecified atom stereocenters. The highest BCUT2D eigenvalue weighted by molar-refractivity contribution is 5.84. The van der Waals surface area contributed by atoms with Crippen LogP contribution in [0.25, 0.3) is 11.0 Å². The first-order chi connectivity index (χ1) is 17.2. The zero-order valence-electron chi connectivity index (χ0n) is 19.5. The molecule has 0 fully saturated rings. The normalized spacial score (nSPS) is 13.8. The monoisotopic (exact) mass is 497 g/mol. The lowest BCUT2D eigenvalue weighted by Gasteiger charge is -2.29. The van der Waals surface area contributed by atoms with Crippen LogP contribution in [-0.2, 0) is 19.3 Å². The minimum absolute atomic E-state index is 0.0112. The molecule has 0 N–H and O–H groups in total. The Morgan fingerprint density at radius 3 is 2.50 bits per heavy atom. The Morgan fingerprint density at radius 2 is 1.78 bits per heavy atom. The van der Waals surface area contributed by atoms with Crippen molar-refractivity contribution in [3.8, 4) is 23.0 Å². The summed E-state index contributed by atoms with van der Waals surface area (Å²) in [7, 11) is 1.41. The van der Waals surface area contributed by atoms with Gasteiger partial charge in [-0.15, -0.1) is 0 Å². The molecular weight excluding hydrogens is 475 g/mol. The molecular formula is C27H22F3NO5. The fourth-order valence-corrected chi connectivity index (χ4v) is 4.11. The molecule has 0 aliphatic carbocycles. The lowest BCUT2D eigenvalue weighted by Crippen LogP contribution is -2.32. The van der Waals surface area contributed by atoms with Crippen LogP contribution < -0.4 is 19.6 Å². The number of halogens is 3. The van der Waals surface area contributed by atoms with E-state index in [1.165, 1.54) is 25.3 Å². The van der Waals surface area contributed by atoms with E-state index in [1.54, 1.807) is 18.2 Å². The fraction of sp³-hybridized carbons (Fsp3) is 0.222. The van der Waals surface area contributed by atoms with E-state index in [2.05, 4.69) is 0 Å². The molecule has 0 amide bonds. The maximum absolute atomic E-state index is 14.1. The van der Waals surface area contributed by atoms with Crippen LogP contribution in [0.15, 0.2) is 69.9 Å². The highest BCUT2D eigenvalue weighted by atomic mass is 19.4. The van der Waals surface area contributed by atoms with Crippen LogP contribution in [0.1, 0.15) is 22.5 Å². The molecule has 3 aromatic carbocycles. The van der Waals surface area contributed by atoms with E-state index < -0.39 is 23.1 Å². The van der Waals surface area contributed by atoms with Crippen LogP contribution in [0, 0.1) is 6.92 Å². The van der Waals surface area contributed by atoms with Gasteiger partial charge in [0.2, 0.25) is 11.2 Å². The first-order valence-electron chi connectivity index (χ1n) is 11.2. The highest BCUT2D eigenvalue weighted by Crippen LogP contribution is 2.41. The van der Waals surface area contributed by atoms with Crippen molar-refractivity contribution in [2.24, 2.45) is 0 Å². The number of methoxy groups -OCH3 is 1. The molecule has 0 bridgehead atoms. The van der Waals surface area contributed by atoms with Gasteiger partial charge in [-0.25, -0.2) is 0 Å². The van der Waals surface area contributed by atoms with Crippen molar-refractivity contribution in [1.29, 1.82) is 0 Å². The minimum Gasteiger partial charge on any atom is -0.497 e. The van der Waals surface area contributed by atoms with Gasteiger partial charge in [-0.3, -0.25) is 9.69 Å². The largest absolute Gasteiger partial charge is 0.497 e. The topological polar surface area (TPSA) is 61.1 Å². The Kier molecular flexibility index (Phi) is 6.09. The van der Waals surface area contributed by atoms with E-state index in [0.717, 1.165) is 11.1 Å². The van der Waals surface area contributed by atoms with E-state index >= 15 is 0 Å². The molecule has 0 spiro atoms. The van der Waals surface area contributed by atoms with Crippen LogP contribution in [0.2, 0.25) is 0 Å². The van der Waals surface area contributed by atoms with Crippen LogP contribution >= 0.6 is 0 Å². The van der Waals surface area contributed by atoms with Crippen molar-refractivity contribution in [2.45, 2.75) is 26.2 Å². The van der Waals surface area contributed by atoms with Gasteiger partial charge in [0.1, 0.15) is 29.6 Å². The van der Waals surface area contributed by atoms with Gasteiger partial charge in [-0.1, -0.05) is 35.9 Å². The van der Waals surface area contributed by atoms with Crippen molar-refractivity contribution in [2.75, 3.05) is 13.8 Å². The maximum Gasteiger partial charge on any atom is 0.453 e. The Hall–Kier alpha value is -3.98. The SMILES string of the molecule is COc1cccc(Oc2c(C(F)(F)F)oc3c4c(ccc3c2=O)OCN(Cc2ccc(C)cc2)C4)c1. The lowest BCUT2D eigenvalue weighted by molar-refractivity contribution is -0.154. The number of benzene rings is 3. The number of ether oxygens (including phenoxy) is 3. The summed E-state index contributed by atoms with van der Waals surface area (Å²) < 4.78 is 63.9. The number of rotatable bonds is 5. The molecule has 1 aliphatic rings. The lowest BCUT2D eigenvalue weighted by atomic mass is 10.1. The van der Waals surface area contributed by atoms with E-state index in [0.29, 0.717) is 23.6 Å². The number of aryl methyl sites for hydroxylation is 1. The van der Waals surface area contributed by atoms with E-state index in [-0.39, 0.29) is 30.0 Å². The Balaban J connectivity index is 1.58. The molecule has 9 heteroatoms. The molecule has 36 heavy (non-hydrogen) atoms. The minimum atomic E-state index is -4.97. The van der Waals surface area contributed by atoms with E-state index in [1.807, 2.05) is 36.1 Å². The number of nitrogens with zero attached hydrogens (tertiary/aromatic N) is 1. The molecule has 5 rings (SSSR count). The second-order valence-corrected chi connectivity index (χ2v) is 8.53. The Bertz CT molecular complexity index is 1480. The first-order valence-corrected chi connectivity index (χ1v) is 11.2. The first kappa shape index (κ1) is 23.7. The second kappa shape index (κ2) is 9.23. The Morgan fingerprint density at radius 1 is 1.03 bits per heavy atom. The average molecular weight is 497 g/mol. The number of hydrogen-bond donors (Lipinski definition) is 0. The van der Waals surface area contributed by atoms with Gasteiger partial charge in [0.15, 0.2) is 0 Å². The summed E-state index contributed by atoms with van der Waals surface area (Å²) in [5.74, 6) is -1.69. The summed E-state index contributed by atoms with van der Waals surface area (Å²) in [5.41, 5.74) is 1.43. The smallest absolute Gasteiger partial charge is 0.453 e. The van der Waals surface area contributed by atoms with Gasteiger partial charge in [0.05, 0.1) is 18.1 Å². The average Bonchev–Trinajstić information content (AvgIpc) is 2.86. The van der Waals surface area contributed by atoms with Crippen molar-refractivity contribution in [3.63, 3.8) is 0 Å². The van der Waals surface area contributed by atoms with Crippen LogP contribution in [0.5, 0.6) is 23.0 Å². The predicted molar refractivity (Wildman–Crippen MR) is 126 cm³/mol. The Labute approximate surface area is 204 Å². The molecule has 0 saturated carbocycles. The number of hydrogen-bond acceptors (Lipinski definition) is 6. The third-order valence-corrected chi connectivity index (χ3v) is 5.91. The van der Waals surface area contributed by atoms with E-state index in [9.17, 15) is 18.0 Å². The van der Waals surface area contributed by atoms with Crippen LogP contribution in [0.3, 0.4) is 0 Å². The zero-order chi connectivity index (χ0) is 25.4. The summed E-state index contributed by atoms with van der Waals surface area (Å²) >= 11 is 0. The molecule has 1 aromatic heterocycles. The van der Waals surface area contributed by atoms with E-state index in [4.69, 9.17) is 18.6 Å². The molecule has 186 valence electrons. The van der Waals surface area contributed by atoms with Gasteiger partial charge < -0.3 is 18.6 Å².